The molecule has 1 atom stereocenters. The summed E-state index contributed by atoms with van der Waals surface area (Å²) in [7, 11) is 1.56. The van der Waals surface area contributed by atoms with Crippen molar-refractivity contribution in [1.82, 2.24) is 4.90 Å². The normalized spacial score (nSPS) is 13.9. The molecule has 2 nitrogen and oxygen atoms in total. The zero-order valence-electron chi connectivity index (χ0n) is 10.2. The molecule has 0 spiro atoms. The van der Waals surface area contributed by atoms with Crippen molar-refractivity contribution in [2.75, 3.05) is 19.8 Å². The van der Waals surface area contributed by atoms with Gasteiger partial charge in [-0.05, 0) is 24.9 Å². The maximum atomic E-state index is 12.2. The molecule has 1 aromatic rings. The predicted molar refractivity (Wildman–Crippen MR) is 66.6 cm³/mol. The number of rotatable bonds is 5. The fourth-order valence-corrected chi connectivity index (χ4v) is 2.20. The molecule has 0 fully saturated rings. The van der Waals surface area contributed by atoms with Crippen LogP contribution in [-0.2, 0) is 6.54 Å². The maximum absolute atomic E-state index is 12.2. The number of halogens is 3. The second-order valence-electron chi connectivity index (χ2n) is 4.07. The number of nitrogens with zero attached hydrogens (tertiary/aromatic N) is 1. The average Bonchev–Trinajstić information content (AvgIpc) is 2.28. The molecule has 0 aliphatic heterocycles. The van der Waals surface area contributed by atoms with E-state index in [-0.39, 0.29) is 0 Å². The van der Waals surface area contributed by atoms with E-state index < -0.39 is 18.8 Å². The summed E-state index contributed by atoms with van der Waals surface area (Å²) >= 11 is 1.55. The number of thioether (sulfide) groups is 1. The first-order chi connectivity index (χ1) is 8.34. The fourth-order valence-electron chi connectivity index (χ4n) is 1.59. The van der Waals surface area contributed by atoms with Crippen molar-refractivity contribution < 1.29 is 18.3 Å². The van der Waals surface area contributed by atoms with Crippen molar-refractivity contribution in [2.45, 2.75) is 23.7 Å². The molecule has 0 amide bonds. The van der Waals surface area contributed by atoms with Crippen LogP contribution in [0.3, 0.4) is 0 Å². The molecule has 0 radical (unpaired) electrons. The van der Waals surface area contributed by atoms with Gasteiger partial charge in [0.05, 0.1) is 0 Å². The summed E-state index contributed by atoms with van der Waals surface area (Å²) in [6, 6.07) is 7.54. The molecule has 0 aromatic heterocycles. The van der Waals surface area contributed by atoms with Crippen molar-refractivity contribution in [3.8, 4) is 0 Å². The van der Waals surface area contributed by atoms with E-state index in [1.54, 1.807) is 18.8 Å². The number of hydrogen-bond acceptors (Lipinski definition) is 3. The minimum Gasteiger partial charge on any atom is -0.382 e. The summed E-state index contributed by atoms with van der Waals surface area (Å²) in [6.07, 6.45) is -4.94. The Morgan fingerprint density at radius 3 is 2.50 bits per heavy atom. The molecule has 1 aromatic carbocycles. The summed E-state index contributed by atoms with van der Waals surface area (Å²) in [6.45, 7) is -0.0453. The number of aliphatic hydroxyl groups is 1. The van der Waals surface area contributed by atoms with Gasteiger partial charge in [0.25, 0.3) is 0 Å². The molecule has 0 aliphatic rings. The van der Waals surface area contributed by atoms with Crippen LogP contribution in [0, 0.1) is 0 Å². The lowest BCUT2D eigenvalue weighted by Crippen LogP contribution is -2.39. The van der Waals surface area contributed by atoms with Crippen molar-refractivity contribution in [3.05, 3.63) is 29.8 Å². The Kier molecular flexibility index (Phi) is 5.49. The van der Waals surface area contributed by atoms with Crippen LogP contribution in [0.5, 0.6) is 0 Å². The third-order valence-corrected chi connectivity index (χ3v) is 3.33. The molecule has 102 valence electrons. The summed E-state index contributed by atoms with van der Waals surface area (Å²) in [4.78, 5) is 2.50. The van der Waals surface area contributed by atoms with Gasteiger partial charge in [0, 0.05) is 18.0 Å². The first kappa shape index (κ1) is 15.3. The van der Waals surface area contributed by atoms with Crippen LogP contribution in [-0.4, -0.2) is 42.1 Å². The molecule has 0 saturated heterocycles. The summed E-state index contributed by atoms with van der Waals surface area (Å²) < 4.78 is 36.6. The SMILES string of the molecule is CSc1ccccc1CN(C)CC(O)C(F)(F)F. The van der Waals surface area contributed by atoms with Crippen LogP contribution < -0.4 is 0 Å². The fraction of sp³-hybridized carbons (Fsp3) is 0.500. The smallest absolute Gasteiger partial charge is 0.382 e. The molecule has 0 aliphatic carbocycles. The molecule has 1 rings (SSSR count). The Morgan fingerprint density at radius 1 is 1.33 bits per heavy atom. The molecular formula is C12H16F3NOS. The number of likely N-dealkylation sites (N-methyl/N-ethyl adjacent to an activating group) is 1. The first-order valence-electron chi connectivity index (χ1n) is 5.40. The number of alkyl halides is 3. The Bertz CT molecular complexity index is 384. The minimum absolute atomic E-state index is 0.379. The van der Waals surface area contributed by atoms with Gasteiger partial charge in [0.1, 0.15) is 0 Å². The van der Waals surface area contributed by atoms with Crippen LogP contribution in [0.25, 0.3) is 0 Å². The van der Waals surface area contributed by atoms with E-state index >= 15 is 0 Å². The Hall–Kier alpha value is -0.720. The highest BCUT2D eigenvalue weighted by molar-refractivity contribution is 7.98. The van der Waals surface area contributed by atoms with Gasteiger partial charge in [-0.25, -0.2) is 0 Å². The maximum Gasteiger partial charge on any atom is 0.415 e. The lowest BCUT2D eigenvalue weighted by Gasteiger charge is -2.23. The van der Waals surface area contributed by atoms with Crippen LogP contribution in [0.4, 0.5) is 13.2 Å². The van der Waals surface area contributed by atoms with E-state index in [0.717, 1.165) is 10.5 Å². The van der Waals surface area contributed by atoms with E-state index in [4.69, 9.17) is 5.11 Å². The second-order valence-corrected chi connectivity index (χ2v) is 4.91. The Balaban J connectivity index is 2.62. The molecule has 18 heavy (non-hydrogen) atoms. The third-order valence-electron chi connectivity index (χ3n) is 2.50. The molecule has 6 heteroatoms. The summed E-state index contributed by atoms with van der Waals surface area (Å²) in [5, 5.41) is 8.99. The van der Waals surface area contributed by atoms with Gasteiger partial charge in [0.15, 0.2) is 6.10 Å². The van der Waals surface area contributed by atoms with Crippen LogP contribution in [0.15, 0.2) is 29.2 Å². The predicted octanol–water partition coefficient (Wildman–Crippen LogP) is 2.76. The van der Waals surface area contributed by atoms with Crippen molar-refractivity contribution in [2.24, 2.45) is 0 Å². The highest BCUT2D eigenvalue weighted by Crippen LogP contribution is 2.23. The minimum atomic E-state index is -4.56. The number of hydrogen-bond donors (Lipinski definition) is 1. The van der Waals surface area contributed by atoms with E-state index in [9.17, 15) is 13.2 Å². The summed E-state index contributed by atoms with van der Waals surface area (Å²) in [5.74, 6) is 0. The molecule has 1 unspecified atom stereocenters. The zero-order valence-corrected chi connectivity index (χ0v) is 11.1. The van der Waals surface area contributed by atoms with Crippen molar-refractivity contribution >= 4 is 11.8 Å². The van der Waals surface area contributed by atoms with E-state index in [1.807, 2.05) is 30.5 Å². The third kappa shape index (κ3) is 4.51. The van der Waals surface area contributed by atoms with Gasteiger partial charge < -0.3 is 5.11 Å². The molecule has 1 N–H and O–H groups in total. The topological polar surface area (TPSA) is 23.5 Å². The van der Waals surface area contributed by atoms with Gasteiger partial charge in [-0.2, -0.15) is 13.2 Å². The molecule has 0 bridgehead atoms. The first-order valence-corrected chi connectivity index (χ1v) is 6.62. The molecule has 0 saturated carbocycles. The van der Waals surface area contributed by atoms with E-state index in [2.05, 4.69) is 0 Å². The van der Waals surface area contributed by atoms with Crippen molar-refractivity contribution in [3.63, 3.8) is 0 Å². The van der Waals surface area contributed by atoms with Gasteiger partial charge >= 0.3 is 6.18 Å². The van der Waals surface area contributed by atoms with Crippen LogP contribution in [0.1, 0.15) is 5.56 Å². The monoisotopic (exact) mass is 279 g/mol. The van der Waals surface area contributed by atoms with Crippen molar-refractivity contribution in [1.29, 1.82) is 0 Å². The molecular weight excluding hydrogens is 263 g/mol. The lowest BCUT2D eigenvalue weighted by molar-refractivity contribution is -0.207. The van der Waals surface area contributed by atoms with Gasteiger partial charge in [-0.3, -0.25) is 4.90 Å². The zero-order chi connectivity index (χ0) is 13.8. The quantitative estimate of drug-likeness (QED) is 0.838. The standard InChI is InChI=1S/C12H16F3NOS/c1-16(8-11(17)12(13,14)15)7-9-5-3-4-6-10(9)18-2/h3-6,11,17H,7-8H2,1-2H3. The van der Waals surface area contributed by atoms with Gasteiger partial charge in [0.2, 0.25) is 0 Å². The Labute approximate surface area is 109 Å². The lowest BCUT2D eigenvalue weighted by atomic mass is 10.2. The van der Waals surface area contributed by atoms with E-state index in [1.165, 1.54) is 4.90 Å². The highest BCUT2D eigenvalue weighted by Gasteiger charge is 2.38. The van der Waals surface area contributed by atoms with Crippen LogP contribution in [0.2, 0.25) is 0 Å². The number of benzene rings is 1. The van der Waals surface area contributed by atoms with Gasteiger partial charge in [-0.1, -0.05) is 18.2 Å². The summed E-state index contributed by atoms with van der Waals surface area (Å²) in [5.41, 5.74) is 0.960. The number of aliphatic hydroxyl groups excluding tert-OH is 1. The largest absolute Gasteiger partial charge is 0.415 e. The average molecular weight is 279 g/mol. The van der Waals surface area contributed by atoms with Crippen LogP contribution >= 0.6 is 11.8 Å². The van der Waals surface area contributed by atoms with Gasteiger partial charge in [-0.15, -0.1) is 11.8 Å². The Morgan fingerprint density at radius 2 is 1.94 bits per heavy atom. The van der Waals surface area contributed by atoms with E-state index in [0.29, 0.717) is 6.54 Å². The second kappa shape index (κ2) is 6.45. The highest BCUT2D eigenvalue weighted by atomic mass is 32.2. The molecule has 0 heterocycles.